The predicted molar refractivity (Wildman–Crippen MR) is 83.0 cm³/mol. The molecule has 0 bridgehead atoms. The molecule has 0 radical (unpaired) electrons. The highest BCUT2D eigenvalue weighted by Crippen LogP contribution is 2.40. The van der Waals surface area contributed by atoms with Crippen LogP contribution in [0.4, 0.5) is 4.39 Å². The molecule has 3 rings (SSSR count). The van der Waals surface area contributed by atoms with Crippen molar-refractivity contribution < 1.29 is 4.39 Å². The van der Waals surface area contributed by atoms with Crippen molar-refractivity contribution in [3.63, 3.8) is 0 Å². The summed E-state index contributed by atoms with van der Waals surface area (Å²) in [7, 11) is 2.01. The van der Waals surface area contributed by atoms with Crippen LogP contribution in [0, 0.1) is 5.82 Å². The van der Waals surface area contributed by atoms with E-state index in [0.29, 0.717) is 12.0 Å². The third-order valence-electron chi connectivity index (χ3n) is 4.11. The monoisotopic (exact) mass is 291 g/mol. The Hall–Kier alpha value is -1.38. The van der Waals surface area contributed by atoms with Gasteiger partial charge in [-0.25, -0.2) is 4.39 Å². The Balaban J connectivity index is 0.00000147. The van der Waals surface area contributed by atoms with Gasteiger partial charge in [0.15, 0.2) is 0 Å². The van der Waals surface area contributed by atoms with Gasteiger partial charge in [-0.3, -0.25) is 0 Å². The molecule has 106 valence electrons. The van der Waals surface area contributed by atoms with Gasteiger partial charge in [0.05, 0.1) is 0 Å². The summed E-state index contributed by atoms with van der Waals surface area (Å²) in [6, 6.07) is 16.0. The van der Waals surface area contributed by atoms with Crippen molar-refractivity contribution in [2.24, 2.45) is 0 Å². The number of fused-ring (bicyclic) bond motifs is 1. The maximum Gasteiger partial charge on any atom is 0.123 e. The van der Waals surface area contributed by atoms with E-state index < -0.39 is 0 Å². The fourth-order valence-corrected chi connectivity index (χ4v) is 3.13. The van der Waals surface area contributed by atoms with Gasteiger partial charge in [-0.1, -0.05) is 36.4 Å². The molecule has 2 aromatic carbocycles. The molecule has 20 heavy (non-hydrogen) atoms. The Kier molecular flexibility index (Phi) is 4.79. The Morgan fingerprint density at radius 1 is 0.950 bits per heavy atom. The first-order chi connectivity index (χ1) is 9.29. The van der Waals surface area contributed by atoms with E-state index in [1.165, 1.54) is 16.7 Å². The molecule has 3 heteroatoms. The second-order valence-electron chi connectivity index (χ2n) is 5.15. The highest BCUT2D eigenvalue weighted by atomic mass is 35.5. The van der Waals surface area contributed by atoms with Crippen molar-refractivity contribution in [1.29, 1.82) is 0 Å². The zero-order valence-corrected chi connectivity index (χ0v) is 12.3. The number of rotatable bonds is 2. The van der Waals surface area contributed by atoms with Crippen LogP contribution in [-0.4, -0.2) is 7.05 Å². The minimum Gasteiger partial charge on any atom is -0.313 e. The minimum atomic E-state index is -0.166. The van der Waals surface area contributed by atoms with E-state index in [1.807, 2.05) is 19.2 Å². The number of hydrogen-bond acceptors (Lipinski definition) is 1. The summed E-state index contributed by atoms with van der Waals surface area (Å²) in [5.41, 5.74) is 3.97. The molecule has 2 atom stereocenters. The van der Waals surface area contributed by atoms with Crippen molar-refractivity contribution >= 4 is 12.4 Å². The average molecular weight is 292 g/mol. The van der Waals surface area contributed by atoms with E-state index in [9.17, 15) is 4.39 Å². The topological polar surface area (TPSA) is 12.0 Å². The van der Waals surface area contributed by atoms with Gasteiger partial charge in [0.25, 0.3) is 0 Å². The molecule has 2 aromatic rings. The van der Waals surface area contributed by atoms with Crippen LogP contribution >= 0.6 is 12.4 Å². The summed E-state index contributed by atoms with van der Waals surface area (Å²) in [6.45, 7) is 0. The van der Waals surface area contributed by atoms with E-state index >= 15 is 0 Å². The third-order valence-corrected chi connectivity index (χ3v) is 4.11. The Morgan fingerprint density at radius 3 is 2.25 bits per heavy atom. The van der Waals surface area contributed by atoms with Gasteiger partial charge in [-0.2, -0.15) is 0 Å². The van der Waals surface area contributed by atoms with Gasteiger partial charge < -0.3 is 5.32 Å². The van der Waals surface area contributed by atoms with Gasteiger partial charge in [-0.15, -0.1) is 12.4 Å². The number of halogens is 2. The van der Waals surface area contributed by atoms with Crippen molar-refractivity contribution in [3.8, 4) is 0 Å². The smallest absolute Gasteiger partial charge is 0.123 e. The molecule has 0 saturated heterocycles. The fourth-order valence-electron chi connectivity index (χ4n) is 3.13. The number of nitrogens with one attached hydrogen (secondary N) is 1. The first-order valence-electron chi connectivity index (χ1n) is 6.81. The first kappa shape index (κ1) is 15.0. The van der Waals surface area contributed by atoms with Crippen LogP contribution in [0.2, 0.25) is 0 Å². The summed E-state index contributed by atoms with van der Waals surface area (Å²) in [6.07, 6.45) is 2.23. The molecule has 0 amide bonds. The van der Waals surface area contributed by atoms with E-state index in [2.05, 4.69) is 29.6 Å². The highest BCUT2D eigenvalue weighted by Gasteiger charge is 2.26. The van der Waals surface area contributed by atoms with Gasteiger partial charge in [-0.05, 0) is 48.7 Å². The lowest BCUT2D eigenvalue weighted by molar-refractivity contribution is 0.470. The molecule has 1 N–H and O–H groups in total. The molecule has 0 saturated carbocycles. The lowest BCUT2D eigenvalue weighted by Gasteiger charge is -2.31. The van der Waals surface area contributed by atoms with Gasteiger partial charge in [0.1, 0.15) is 5.82 Å². The molecule has 0 aliphatic heterocycles. The van der Waals surface area contributed by atoms with E-state index in [4.69, 9.17) is 0 Å². The van der Waals surface area contributed by atoms with Crippen molar-refractivity contribution in [1.82, 2.24) is 5.32 Å². The predicted octanol–water partition coefficient (Wildman–Crippen LogP) is 4.43. The molecule has 1 aliphatic rings. The van der Waals surface area contributed by atoms with Crippen LogP contribution in [0.1, 0.15) is 41.5 Å². The van der Waals surface area contributed by atoms with E-state index in [0.717, 1.165) is 12.8 Å². The molecule has 0 heterocycles. The lowest BCUT2D eigenvalue weighted by Crippen LogP contribution is -2.24. The molecule has 1 nitrogen and oxygen atoms in total. The lowest BCUT2D eigenvalue weighted by atomic mass is 9.77. The van der Waals surface area contributed by atoms with Gasteiger partial charge >= 0.3 is 0 Å². The van der Waals surface area contributed by atoms with Crippen LogP contribution in [0.5, 0.6) is 0 Å². The third kappa shape index (κ3) is 2.72. The summed E-state index contributed by atoms with van der Waals surface area (Å²) in [4.78, 5) is 0. The van der Waals surface area contributed by atoms with Gasteiger partial charge in [0, 0.05) is 12.0 Å². The summed E-state index contributed by atoms with van der Waals surface area (Å²) in [5, 5.41) is 3.38. The normalized spacial score (nSPS) is 20.9. The maximum atomic E-state index is 13.1. The SMILES string of the molecule is CN[C@H]1CC[C@@H](c2ccc(F)cc2)c2ccccc21.Cl. The van der Waals surface area contributed by atoms with Crippen molar-refractivity contribution in [2.45, 2.75) is 24.8 Å². The van der Waals surface area contributed by atoms with Crippen molar-refractivity contribution in [2.75, 3.05) is 7.05 Å². The maximum absolute atomic E-state index is 13.1. The molecular weight excluding hydrogens is 273 g/mol. The van der Waals surface area contributed by atoms with Crippen molar-refractivity contribution in [3.05, 3.63) is 71.0 Å². The zero-order valence-electron chi connectivity index (χ0n) is 11.5. The minimum absolute atomic E-state index is 0. The molecular formula is C17H19ClFN. The van der Waals surface area contributed by atoms with E-state index in [1.54, 1.807) is 12.1 Å². The summed E-state index contributed by atoms with van der Waals surface area (Å²) >= 11 is 0. The second kappa shape index (κ2) is 6.38. The Bertz CT molecular complexity index is 567. The first-order valence-corrected chi connectivity index (χ1v) is 6.81. The average Bonchev–Trinajstić information content (AvgIpc) is 2.47. The quantitative estimate of drug-likeness (QED) is 0.863. The summed E-state index contributed by atoms with van der Waals surface area (Å²) < 4.78 is 13.1. The molecule has 0 fully saturated rings. The number of benzene rings is 2. The number of hydrogen-bond donors (Lipinski definition) is 1. The Labute approximate surface area is 125 Å². The zero-order chi connectivity index (χ0) is 13.2. The highest BCUT2D eigenvalue weighted by molar-refractivity contribution is 5.85. The van der Waals surface area contributed by atoms with Crippen LogP contribution in [0.25, 0.3) is 0 Å². The Morgan fingerprint density at radius 2 is 1.60 bits per heavy atom. The largest absolute Gasteiger partial charge is 0.313 e. The van der Waals surface area contributed by atoms with Crippen LogP contribution < -0.4 is 5.32 Å². The van der Waals surface area contributed by atoms with Crippen LogP contribution in [0.3, 0.4) is 0 Å². The summed E-state index contributed by atoms with van der Waals surface area (Å²) in [5.74, 6) is 0.224. The molecule has 1 aliphatic carbocycles. The van der Waals surface area contributed by atoms with E-state index in [-0.39, 0.29) is 18.2 Å². The van der Waals surface area contributed by atoms with Crippen LogP contribution in [-0.2, 0) is 0 Å². The standard InChI is InChI=1S/C17H18FN.ClH/c1-19-17-11-10-14(12-6-8-13(18)9-7-12)15-4-2-3-5-16(15)17;/h2-9,14,17,19H,10-11H2,1H3;1H/t14-,17-;/m0./s1. The second-order valence-corrected chi connectivity index (χ2v) is 5.15. The molecule has 0 unspecified atom stereocenters. The van der Waals surface area contributed by atoms with Crippen LogP contribution in [0.15, 0.2) is 48.5 Å². The molecule has 0 spiro atoms. The van der Waals surface area contributed by atoms with Gasteiger partial charge in [0.2, 0.25) is 0 Å². The fraction of sp³-hybridized carbons (Fsp3) is 0.294. The molecule has 0 aromatic heterocycles.